The van der Waals surface area contributed by atoms with Crippen LogP contribution in [0.3, 0.4) is 0 Å². The summed E-state index contributed by atoms with van der Waals surface area (Å²) in [5.41, 5.74) is 2.19. The summed E-state index contributed by atoms with van der Waals surface area (Å²) in [6.07, 6.45) is 8.10. The molecule has 0 saturated heterocycles. The lowest BCUT2D eigenvalue weighted by molar-refractivity contribution is -0.671. The number of anilines is 2. The average Bonchev–Trinajstić information content (AvgIpc) is 2.22. The van der Waals surface area contributed by atoms with Crippen molar-refractivity contribution in [1.82, 2.24) is 0 Å². The molecule has 0 aromatic carbocycles. The molecule has 0 aliphatic carbocycles. The van der Waals surface area contributed by atoms with E-state index in [2.05, 4.69) is 5.32 Å². The van der Waals surface area contributed by atoms with Crippen molar-refractivity contribution in [3.63, 3.8) is 0 Å². The molecule has 0 fully saturated rings. The third kappa shape index (κ3) is 3.02. The van der Waals surface area contributed by atoms with Crippen LogP contribution in [-0.2, 0) is 14.1 Å². The first-order valence-corrected chi connectivity index (χ1v) is 4.92. The minimum atomic E-state index is 0. The van der Waals surface area contributed by atoms with Crippen molar-refractivity contribution in [2.75, 3.05) is 5.32 Å². The van der Waals surface area contributed by atoms with E-state index in [-0.39, 0.29) is 4.70 Å². The maximum Gasteiger partial charge on any atom is 0.192 e. The molecule has 3 nitrogen and oxygen atoms in total. The van der Waals surface area contributed by atoms with Gasteiger partial charge in [0.15, 0.2) is 24.8 Å². The van der Waals surface area contributed by atoms with Gasteiger partial charge >= 0.3 is 0 Å². The predicted molar refractivity (Wildman–Crippen MR) is 61.0 cm³/mol. The van der Waals surface area contributed by atoms with E-state index in [1.54, 1.807) is 0 Å². The summed E-state index contributed by atoms with van der Waals surface area (Å²) < 4.78 is 4.03. The molecular weight excluding hydrogens is 205 g/mol. The van der Waals surface area contributed by atoms with E-state index >= 15 is 0 Å². The van der Waals surface area contributed by atoms with Gasteiger partial charge in [0.2, 0.25) is 0 Å². The molecule has 1 N–H and O–H groups in total. The van der Waals surface area contributed by atoms with Crippen molar-refractivity contribution in [3.05, 3.63) is 49.1 Å². The summed E-state index contributed by atoms with van der Waals surface area (Å²) in [6.45, 7) is 0. The number of hydrogen-bond donors (Lipinski definition) is 1. The zero-order valence-electron chi connectivity index (χ0n) is 9.42. The second-order valence-corrected chi connectivity index (χ2v) is 3.64. The van der Waals surface area contributed by atoms with Crippen LogP contribution in [0.25, 0.3) is 0 Å². The molecule has 0 unspecified atom stereocenters. The molecule has 0 saturated carbocycles. The minimum Gasteiger partial charge on any atom is -0.350 e. The van der Waals surface area contributed by atoms with Gasteiger partial charge in [-0.3, -0.25) is 4.70 Å². The molecule has 2 aromatic rings. The molecule has 2 rings (SSSR count). The summed E-state index contributed by atoms with van der Waals surface area (Å²) in [7, 11) is 4.02. The van der Waals surface area contributed by atoms with E-state index < -0.39 is 0 Å². The van der Waals surface area contributed by atoms with E-state index in [1.807, 2.05) is 72.3 Å². The van der Waals surface area contributed by atoms with Crippen LogP contribution in [0, 0.1) is 0 Å². The first-order chi connectivity index (χ1) is 7.24. The quantitative estimate of drug-likeness (QED) is 0.756. The lowest BCUT2D eigenvalue weighted by Gasteiger charge is -2.02. The molecule has 0 spiro atoms. The number of nitrogens with one attached hydrogen (secondary N) is 1. The summed E-state index contributed by atoms with van der Waals surface area (Å²) >= 11 is 0. The van der Waals surface area contributed by atoms with E-state index in [0.717, 1.165) is 11.4 Å². The van der Waals surface area contributed by atoms with Gasteiger partial charge in [-0.05, 0) is 6.07 Å². The topological polar surface area (TPSA) is 19.8 Å². The molecule has 4 heteroatoms. The second-order valence-electron chi connectivity index (χ2n) is 3.64. The van der Waals surface area contributed by atoms with Crippen molar-refractivity contribution in [2.45, 2.75) is 0 Å². The first-order valence-electron chi connectivity index (χ1n) is 4.92. The molecule has 2 heterocycles. The van der Waals surface area contributed by atoms with Crippen LogP contribution < -0.4 is 14.5 Å². The third-order valence-electron chi connectivity index (χ3n) is 2.21. The number of halogens is 1. The lowest BCUT2D eigenvalue weighted by atomic mass is 10.3. The van der Waals surface area contributed by atoms with Gasteiger partial charge in [-0.1, -0.05) is 0 Å². The molecule has 0 amide bonds. The Kier molecular flexibility index (Phi) is 3.94. The fraction of sp³-hybridized carbons (Fsp3) is 0.167. The van der Waals surface area contributed by atoms with E-state index in [9.17, 15) is 0 Å². The first kappa shape index (κ1) is 12.1. The van der Waals surface area contributed by atoms with E-state index in [4.69, 9.17) is 0 Å². The molecule has 0 radical (unpaired) electrons. The number of hydrogen-bond acceptors (Lipinski definition) is 1. The van der Waals surface area contributed by atoms with Crippen molar-refractivity contribution in [2.24, 2.45) is 14.1 Å². The maximum absolute atomic E-state index is 3.34. The second kappa shape index (κ2) is 5.21. The molecule has 0 bridgehead atoms. The highest BCUT2D eigenvalue weighted by Gasteiger charge is 1.99. The Morgan fingerprint density at radius 1 is 0.875 bits per heavy atom. The summed E-state index contributed by atoms with van der Waals surface area (Å²) in [5.74, 6) is 0. The maximum atomic E-state index is 3.34. The van der Waals surface area contributed by atoms with Gasteiger partial charge in [0.1, 0.15) is 19.8 Å². The Balaban J connectivity index is 0.00000128. The van der Waals surface area contributed by atoms with Gasteiger partial charge in [0.05, 0.1) is 5.69 Å². The van der Waals surface area contributed by atoms with Gasteiger partial charge in [-0.15, -0.1) is 0 Å². The third-order valence-corrected chi connectivity index (χ3v) is 2.21. The summed E-state index contributed by atoms with van der Waals surface area (Å²) in [4.78, 5) is 0. The minimum absolute atomic E-state index is 0. The van der Waals surface area contributed by atoms with Crippen molar-refractivity contribution in [1.29, 1.82) is 0 Å². The predicted octanol–water partition coefficient (Wildman–Crippen LogP) is 1.23. The van der Waals surface area contributed by atoms with Crippen LogP contribution in [-0.4, -0.2) is 0 Å². The van der Waals surface area contributed by atoms with E-state index in [1.165, 1.54) is 0 Å². The van der Waals surface area contributed by atoms with Crippen LogP contribution in [0.1, 0.15) is 0 Å². The molecular formula is C12H16FN3+2. The SMILES string of the molecule is C[n+]1ccc(Nc2ccc[n+](C)c2)cc1.F. The molecule has 16 heavy (non-hydrogen) atoms. The number of pyridine rings is 2. The highest BCUT2D eigenvalue weighted by molar-refractivity contribution is 5.56. The smallest absolute Gasteiger partial charge is 0.192 e. The molecule has 0 aliphatic rings. The summed E-state index contributed by atoms with van der Waals surface area (Å²) in [5, 5.41) is 3.34. The van der Waals surface area contributed by atoms with Gasteiger partial charge in [-0.2, -0.15) is 0 Å². The normalized spacial score (nSPS) is 9.38. The van der Waals surface area contributed by atoms with Gasteiger partial charge in [0, 0.05) is 18.2 Å². The Bertz CT molecular complexity index is 454. The highest BCUT2D eigenvalue weighted by Crippen LogP contribution is 2.11. The van der Waals surface area contributed by atoms with Crippen molar-refractivity contribution < 1.29 is 13.8 Å². The number of aryl methyl sites for hydroxylation is 2. The Morgan fingerprint density at radius 3 is 2.19 bits per heavy atom. The fourth-order valence-electron chi connectivity index (χ4n) is 1.41. The zero-order chi connectivity index (χ0) is 10.7. The van der Waals surface area contributed by atoms with E-state index in [0.29, 0.717) is 0 Å². The highest BCUT2D eigenvalue weighted by atomic mass is 19.0. The average molecular weight is 221 g/mol. The molecule has 0 aliphatic heterocycles. The van der Waals surface area contributed by atoms with Crippen LogP contribution in [0.4, 0.5) is 16.1 Å². The van der Waals surface area contributed by atoms with Crippen LogP contribution in [0.2, 0.25) is 0 Å². The van der Waals surface area contributed by atoms with Crippen LogP contribution in [0.15, 0.2) is 49.1 Å². The summed E-state index contributed by atoms with van der Waals surface area (Å²) in [6, 6.07) is 8.16. The standard InChI is InChI=1S/C12H14N3.FH/c1-14-8-5-11(6-9-14)13-12-4-3-7-15(2)10-12;/h3-10H,1-2H3;1H/q+1;/p+1. The molecule has 84 valence electrons. The monoisotopic (exact) mass is 221 g/mol. The fourth-order valence-corrected chi connectivity index (χ4v) is 1.41. The Morgan fingerprint density at radius 2 is 1.56 bits per heavy atom. The number of rotatable bonds is 2. The largest absolute Gasteiger partial charge is 0.350 e. The van der Waals surface area contributed by atoms with Crippen LogP contribution >= 0.6 is 0 Å². The number of nitrogens with zero attached hydrogens (tertiary/aromatic N) is 2. The van der Waals surface area contributed by atoms with Gasteiger partial charge < -0.3 is 5.32 Å². The number of aromatic nitrogens is 2. The Hall–Kier alpha value is -1.97. The Labute approximate surface area is 94.4 Å². The molecule has 2 aromatic heterocycles. The van der Waals surface area contributed by atoms with Crippen molar-refractivity contribution in [3.8, 4) is 0 Å². The lowest BCUT2D eigenvalue weighted by Crippen LogP contribution is -2.27. The zero-order valence-corrected chi connectivity index (χ0v) is 9.42. The van der Waals surface area contributed by atoms with Crippen molar-refractivity contribution >= 4 is 11.4 Å². The molecule has 0 atom stereocenters. The van der Waals surface area contributed by atoms with Gasteiger partial charge in [0.25, 0.3) is 0 Å². The van der Waals surface area contributed by atoms with Crippen LogP contribution in [0.5, 0.6) is 0 Å². The van der Waals surface area contributed by atoms with Gasteiger partial charge in [-0.25, -0.2) is 9.13 Å².